The van der Waals surface area contributed by atoms with Crippen molar-refractivity contribution in [3.05, 3.63) is 53.1 Å². The highest BCUT2D eigenvalue weighted by atomic mass is 19.1. The lowest BCUT2D eigenvalue weighted by atomic mass is 9.80. The molecule has 0 N–H and O–H groups in total. The summed E-state index contributed by atoms with van der Waals surface area (Å²) in [4.78, 5) is 14.2. The van der Waals surface area contributed by atoms with Crippen molar-refractivity contribution in [1.82, 2.24) is 14.9 Å². The summed E-state index contributed by atoms with van der Waals surface area (Å²) in [5.74, 6) is 0.615. The molecule has 148 valence electrons. The molecule has 2 saturated heterocycles. The van der Waals surface area contributed by atoms with Gasteiger partial charge < -0.3 is 14.4 Å². The lowest BCUT2D eigenvalue weighted by molar-refractivity contribution is 0.0502. The smallest absolute Gasteiger partial charge is 0.225 e. The molecule has 0 saturated carbocycles. The van der Waals surface area contributed by atoms with E-state index >= 15 is 0 Å². The van der Waals surface area contributed by atoms with E-state index < -0.39 is 0 Å². The van der Waals surface area contributed by atoms with Crippen LogP contribution in [0, 0.1) is 5.82 Å². The Labute approximate surface area is 164 Å². The van der Waals surface area contributed by atoms with E-state index in [-0.39, 0.29) is 11.2 Å². The summed E-state index contributed by atoms with van der Waals surface area (Å²) < 4.78 is 24.6. The molecule has 1 aromatic carbocycles. The van der Waals surface area contributed by atoms with Crippen LogP contribution >= 0.6 is 0 Å². The van der Waals surface area contributed by atoms with Gasteiger partial charge in [-0.05, 0) is 30.7 Å². The molecule has 6 nitrogen and oxygen atoms in total. The van der Waals surface area contributed by atoms with Gasteiger partial charge in [0.15, 0.2) is 0 Å². The molecule has 1 aromatic heterocycles. The third-order valence-corrected chi connectivity index (χ3v) is 6.04. The van der Waals surface area contributed by atoms with Gasteiger partial charge in [0.2, 0.25) is 5.95 Å². The van der Waals surface area contributed by atoms with E-state index in [1.54, 1.807) is 0 Å². The second kappa shape index (κ2) is 7.39. The number of likely N-dealkylation sites (tertiary alicyclic amines) is 1. The predicted octanol–water partition coefficient (Wildman–Crippen LogP) is 2.13. The van der Waals surface area contributed by atoms with Gasteiger partial charge in [0, 0.05) is 37.9 Å². The number of rotatable bonds is 3. The van der Waals surface area contributed by atoms with Crippen LogP contribution in [0.5, 0.6) is 0 Å². The molecule has 2 aromatic rings. The summed E-state index contributed by atoms with van der Waals surface area (Å²) >= 11 is 0. The highest BCUT2D eigenvalue weighted by Crippen LogP contribution is 2.40. The lowest BCUT2D eigenvalue weighted by Crippen LogP contribution is -2.42. The summed E-state index contributed by atoms with van der Waals surface area (Å²) in [6, 6.07) is 6.79. The SMILES string of the molecule is Fc1ccc(CN2CCC3(COCc4cnc(N5CCOCC5)nc43)C2)cc1. The molecule has 7 heteroatoms. The molecule has 2 fully saturated rings. The van der Waals surface area contributed by atoms with Crippen LogP contribution in [0.2, 0.25) is 0 Å². The Balaban J connectivity index is 1.38. The second-order valence-electron chi connectivity index (χ2n) is 8.00. The molecular formula is C21H25FN4O2. The minimum absolute atomic E-state index is 0.0857. The van der Waals surface area contributed by atoms with Gasteiger partial charge in [-0.3, -0.25) is 4.90 Å². The van der Waals surface area contributed by atoms with Crippen molar-refractivity contribution in [3.63, 3.8) is 0 Å². The number of aromatic nitrogens is 2. The van der Waals surface area contributed by atoms with E-state index in [1.165, 1.54) is 12.1 Å². The first kappa shape index (κ1) is 18.0. The van der Waals surface area contributed by atoms with Crippen LogP contribution in [0.25, 0.3) is 0 Å². The van der Waals surface area contributed by atoms with Crippen molar-refractivity contribution in [3.8, 4) is 0 Å². The number of ether oxygens (including phenoxy) is 2. The summed E-state index contributed by atoms with van der Waals surface area (Å²) in [6.07, 6.45) is 2.96. The van der Waals surface area contributed by atoms with E-state index in [2.05, 4.69) is 14.8 Å². The summed E-state index contributed by atoms with van der Waals surface area (Å²) in [6.45, 7) is 7.09. The van der Waals surface area contributed by atoms with Gasteiger partial charge in [0.25, 0.3) is 0 Å². The fourth-order valence-corrected chi connectivity index (χ4v) is 4.56. The highest BCUT2D eigenvalue weighted by Gasteiger charge is 2.45. The molecule has 28 heavy (non-hydrogen) atoms. The van der Waals surface area contributed by atoms with Crippen molar-refractivity contribution in [1.29, 1.82) is 0 Å². The zero-order valence-corrected chi connectivity index (χ0v) is 15.9. The van der Waals surface area contributed by atoms with Crippen LogP contribution in [-0.4, -0.2) is 60.9 Å². The molecule has 0 aliphatic carbocycles. The molecular weight excluding hydrogens is 359 g/mol. The first-order chi connectivity index (χ1) is 13.7. The van der Waals surface area contributed by atoms with Crippen LogP contribution in [0.4, 0.5) is 10.3 Å². The van der Waals surface area contributed by atoms with Crippen molar-refractivity contribution >= 4 is 5.95 Å². The van der Waals surface area contributed by atoms with Gasteiger partial charge in [0.05, 0.1) is 37.5 Å². The van der Waals surface area contributed by atoms with Crippen molar-refractivity contribution < 1.29 is 13.9 Å². The van der Waals surface area contributed by atoms with Crippen molar-refractivity contribution in [2.75, 3.05) is 50.9 Å². The Morgan fingerprint density at radius 3 is 2.71 bits per heavy atom. The van der Waals surface area contributed by atoms with Gasteiger partial charge in [-0.15, -0.1) is 0 Å². The number of halogens is 1. The molecule has 3 aliphatic heterocycles. The van der Waals surface area contributed by atoms with Gasteiger partial charge in [0.1, 0.15) is 5.82 Å². The normalized spacial score (nSPS) is 25.2. The molecule has 5 rings (SSSR count). The largest absolute Gasteiger partial charge is 0.378 e. The van der Waals surface area contributed by atoms with E-state index in [4.69, 9.17) is 14.5 Å². The Kier molecular flexibility index (Phi) is 4.74. The van der Waals surface area contributed by atoms with Gasteiger partial charge >= 0.3 is 0 Å². The van der Waals surface area contributed by atoms with Gasteiger partial charge in [-0.1, -0.05) is 12.1 Å². The quantitative estimate of drug-likeness (QED) is 0.808. The maximum atomic E-state index is 13.2. The second-order valence-corrected chi connectivity index (χ2v) is 8.00. The average molecular weight is 384 g/mol. The summed E-state index contributed by atoms with van der Waals surface area (Å²) in [5.41, 5.74) is 3.30. The molecule has 0 amide bonds. The van der Waals surface area contributed by atoms with Crippen molar-refractivity contribution in [2.24, 2.45) is 0 Å². The topological polar surface area (TPSA) is 50.7 Å². The minimum atomic E-state index is -0.191. The standard InChI is InChI=1S/C21H25FN4O2/c22-18-3-1-16(2-4-18)12-25-6-5-21(14-25)15-28-13-17-11-23-20(24-19(17)21)26-7-9-27-10-8-26/h1-4,11H,5-10,12-15H2. The number of anilines is 1. The third kappa shape index (κ3) is 3.38. The van der Waals surface area contributed by atoms with Gasteiger partial charge in [-0.2, -0.15) is 0 Å². The van der Waals surface area contributed by atoms with E-state index in [0.29, 0.717) is 13.2 Å². The number of benzene rings is 1. The molecule has 1 atom stereocenters. The molecule has 3 aliphatic rings. The number of hydrogen-bond acceptors (Lipinski definition) is 6. The average Bonchev–Trinajstić information content (AvgIpc) is 3.13. The maximum Gasteiger partial charge on any atom is 0.225 e. The monoisotopic (exact) mass is 384 g/mol. The lowest BCUT2D eigenvalue weighted by Gasteiger charge is -2.35. The van der Waals surface area contributed by atoms with Crippen molar-refractivity contribution in [2.45, 2.75) is 25.0 Å². The molecule has 1 unspecified atom stereocenters. The van der Waals surface area contributed by atoms with Gasteiger partial charge in [-0.25, -0.2) is 14.4 Å². The zero-order chi connectivity index (χ0) is 19.0. The fourth-order valence-electron chi connectivity index (χ4n) is 4.56. The maximum absolute atomic E-state index is 13.2. The highest BCUT2D eigenvalue weighted by molar-refractivity contribution is 5.39. The Bertz CT molecular complexity index is 841. The number of hydrogen-bond donors (Lipinski definition) is 0. The van der Waals surface area contributed by atoms with Crippen LogP contribution in [0.15, 0.2) is 30.5 Å². The van der Waals surface area contributed by atoms with E-state index in [1.807, 2.05) is 18.3 Å². The first-order valence-electron chi connectivity index (χ1n) is 9.96. The summed E-state index contributed by atoms with van der Waals surface area (Å²) in [7, 11) is 0. The minimum Gasteiger partial charge on any atom is -0.378 e. The van der Waals surface area contributed by atoms with Crippen LogP contribution in [-0.2, 0) is 28.0 Å². The Morgan fingerprint density at radius 2 is 1.89 bits per heavy atom. The van der Waals surface area contributed by atoms with Crippen LogP contribution in [0.1, 0.15) is 23.2 Å². The molecule has 0 bridgehead atoms. The molecule has 1 spiro atoms. The number of fused-ring (bicyclic) bond motifs is 2. The number of morpholine rings is 1. The van der Waals surface area contributed by atoms with E-state index in [0.717, 1.165) is 75.1 Å². The third-order valence-electron chi connectivity index (χ3n) is 6.04. The molecule has 0 radical (unpaired) electrons. The van der Waals surface area contributed by atoms with Crippen LogP contribution in [0.3, 0.4) is 0 Å². The Hall–Kier alpha value is -2.09. The van der Waals surface area contributed by atoms with Crippen LogP contribution < -0.4 is 4.90 Å². The molecule has 4 heterocycles. The zero-order valence-electron chi connectivity index (χ0n) is 15.9. The first-order valence-corrected chi connectivity index (χ1v) is 9.96. The Morgan fingerprint density at radius 1 is 1.07 bits per heavy atom. The predicted molar refractivity (Wildman–Crippen MR) is 103 cm³/mol. The number of nitrogens with zero attached hydrogens (tertiary/aromatic N) is 4. The summed E-state index contributed by atoms with van der Waals surface area (Å²) in [5, 5.41) is 0. The fraction of sp³-hybridized carbons (Fsp3) is 0.524. The van der Waals surface area contributed by atoms with E-state index in [9.17, 15) is 4.39 Å².